The molecule has 1 unspecified atom stereocenters. The van der Waals surface area contributed by atoms with Crippen LogP contribution in [-0.2, 0) is 11.8 Å². The molecular formula is C21H25NO. The Morgan fingerprint density at radius 3 is 2.43 bits per heavy atom. The highest BCUT2D eigenvalue weighted by molar-refractivity contribution is 5.99. The van der Waals surface area contributed by atoms with E-state index in [1.54, 1.807) is 0 Å². The van der Waals surface area contributed by atoms with Crippen LogP contribution < -0.4 is 0 Å². The molecule has 2 aromatic carbocycles. The molecule has 2 nitrogen and oxygen atoms in total. The number of fused-ring (bicyclic) bond motifs is 1. The molecule has 0 saturated carbocycles. The van der Waals surface area contributed by atoms with E-state index in [2.05, 4.69) is 56.3 Å². The molecule has 0 N–H and O–H groups in total. The minimum atomic E-state index is -0.0823. The van der Waals surface area contributed by atoms with Gasteiger partial charge in [0.1, 0.15) is 0 Å². The fraction of sp³-hybridized carbons (Fsp3) is 0.381. The molecule has 120 valence electrons. The van der Waals surface area contributed by atoms with Crippen molar-refractivity contribution < 1.29 is 4.79 Å². The zero-order chi connectivity index (χ0) is 16.4. The number of carbonyl (C=O) groups is 1. The summed E-state index contributed by atoms with van der Waals surface area (Å²) >= 11 is 0. The summed E-state index contributed by atoms with van der Waals surface area (Å²) < 4.78 is 0. The first-order valence-electron chi connectivity index (χ1n) is 8.34. The first-order valence-corrected chi connectivity index (χ1v) is 8.34. The highest BCUT2D eigenvalue weighted by Gasteiger charge is 2.40. The van der Waals surface area contributed by atoms with E-state index in [0.29, 0.717) is 6.42 Å². The van der Waals surface area contributed by atoms with E-state index in [1.165, 1.54) is 16.7 Å². The van der Waals surface area contributed by atoms with Gasteiger partial charge in [0, 0.05) is 17.4 Å². The molecule has 2 aromatic rings. The molecule has 1 atom stereocenters. The first-order chi connectivity index (χ1) is 11.0. The zero-order valence-corrected chi connectivity index (χ0v) is 14.3. The summed E-state index contributed by atoms with van der Waals surface area (Å²) in [6.45, 7) is 3.15. The van der Waals surface area contributed by atoms with Crippen LogP contribution in [0.4, 0.5) is 0 Å². The van der Waals surface area contributed by atoms with Crippen molar-refractivity contribution in [3.05, 3.63) is 70.8 Å². The van der Waals surface area contributed by atoms with Gasteiger partial charge in [-0.25, -0.2) is 0 Å². The lowest BCUT2D eigenvalue weighted by Crippen LogP contribution is -2.39. The summed E-state index contributed by atoms with van der Waals surface area (Å²) in [7, 11) is 4.20. The molecule has 0 heterocycles. The Balaban J connectivity index is 2.08. The van der Waals surface area contributed by atoms with Crippen molar-refractivity contribution in [2.45, 2.75) is 31.6 Å². The lowest BCUT2D eigenvalue weighted by molar-refractivity contribution is 0.0924. The van der Waals surface area contributed by atoms with Crippen molar-refractivity contribution >= 4 is 5.78 Å². The molecule has 1 aliphatic rings. The van der Waals surface area contributed by atoms with E-state index in [4.69, 9.17) is 0 Å². The number of aryl methyl sites for hydroxylation is 1. The molecule has 0 aliphatic heterocycles. The lowest BCUT2D eigenvalue weighted by atomic mass is 9.64. The fourth-order valence-corrected chi connectivity index (χ4v) is 3.88. The molecule has 0 radical (unpaired) electrons. The Kier molecular flexibility index (Phi) is 4.36. The summed E-state index contributed by atoms with van der Waals surface area (Å²) in [6.07, 6.45) is 2.57. The Bertz CT molecular complexity index is 719. The van der Waals surface area contributed by atoms with E-state index in [0.717, 1.165) is 24.9 Å². The number of hydrogen-bond acceptors (Lipinski definition) is 2. The van der Waals surface area contributed by atoms with Crippen LogP contribution in [0.25, 0.3) is 0 Å². The number of Topliss-reactive ketones (excluding diaryl/α,β-unsaturated/α-hetero) is 1. The maximum absolute atomic E-state index is 12.8. The van der Waals surface area contributed by atoms with Gasteiger partial charge in [-0.05, 0) is 57.1 Å². The number of benzene rings is 2. The predicted octanol–water partition coefficient (Wildman–Crippen LogP) is 4.01. The van der Waals surface area contributed by atoms with Gasteiger partial charge in [-0.3, -0.25) is 4.79 Å². The third-order valence-electron chi connectivity index (χ3n) is 5.10. The van der Waals surface area contributed by atoms with E-state index in [9.17, 15) is 4.79 Å². The number of ketones is 1. The van der Waals surface area contributed by atoms with Crippen LogP contribution in [0.5, 0.6) is 0 Å². The minimum absolute atomic E-state index is 0.0823. The van der Waals surface area contributed by atoms with Gasteiger partial charge in [0.2, 0.25) is 0 Å². The third-order valence-corrected chi connectivity index (χ3v) is 5.10. The molecule has 2 heteroatoms. The van der Waals surface area contributed by atoms with Crippen LogP contribution in [0.2, 0.25) is 0 Å². The Labute approximate surface area is 139 Å². The Morgan fingerprint density at radius 2 is 1.70 bits per heavy atom. The van der Waals surface area contributed by atoms with E-state index >= 15 is 0 Å². The molecule has 0 aromatic heterocycles. The lowest BCUT2D eigenvalue weighted by Gasteiger charge is -2.40. The van der Waals surface area contributed by atoms with Gasteiger partial charge in [-0.15, -0.1) is 0 Å². The van der Waals surface area contributed by atoms with Crippen LogP contribution in [0, 0.1) is 6.92 Å². The standard InChI is InChI=1S/C21H25NO/c1-16-8-4-7-11-19(16)21(12-13-22(2)3)14-17-9-5-6-10-18(17)20(23)15-21/h4-11H,12-15H2,1-3H3. The SMILES string of the molecule is Cc1ccccc1C1(CCN(C)C)CC(=O)c2ccccc2C1. The van der Waals surface area contributed by atoms with Gasteiger partial charge in [-0.2, -0.15) is 0 Å². The van der Waals surface area contributed by atoms with Gasteiger partial charge < -0.3 is 4.90 Å². The van der Waals surface area contributed by atoms with Crippen LogP contribution >= 0.6 is 0 Å². The number of rotatable bonds is 4. The molecule has 0 spiro atoms. The highest BCUT2D eigenvalue weighted by Crippen LogP contribution is 2.42. The third kappa shape index (κ3) is 3.09. The average molecular weight is 307 g/mol. The van der Waals surface area contributed by atoms with Gasteiger partial charge in [0.05, 0.1) is 0 Å². The highest BCUT2D eigenvalue weighted by atomic mass is 16.1. The normalized spacial score (nSPS) is 20.6. The number of hydrogen-bond donors (Lipinski definition) is 0. The first kappa shape index (κ1) is 15.9. The molecule has 0 amide bonds. The molecule has 1 aliphatic carbocycles. The van der Waals surface area contributed by atoms with E-state index in [1.807, 2.05) is 18.2 Å². The van der Waals surface area contributed by atoms with Crippen molar-refractivity contribution in [3.8, 4) is 0 Å². The molecule has 0 bridgehead atoms. The van der Waals surface area contributed by atoms with Crippen LogP contribution in [0.3, 0.4) is 0 Å². The summed E-state index contributed by atoms with van der Waals surface area (Å²) in [5.74, 6) is 0.286. The smallest absolute Gasteiger partial charge is 0.164 e. The quantitative estimate of drug-likeness (QED) is 0.850. The minimum Gasteiger partial charge on any atom is -0.309 e. The topological polar surface area (TPSA) is 20.3 Å². The molecule has 3 rings (SSSR count). The molecular weight excluding hydrogens is 282 g/mol. The summed E-state index contributed by atoms with van der Waals surface area (Å²) in [6, 6.07) is 16.7. The fourth-order valence-electron chi connectivity index (χ4n) is 3.88. The number of carbonyl (C=O) groups excluding carboxylic acids is 1. The van der Waals surface area contributed by atoms with Crippen molar-refractivity contribution in [2.24, 2.45) is 0 Å². The van der Waals surface area contributed by atoms with Gasteiger partial charge in [0.15, 0.2) is 5.78 Å². The van der Waals surface area contributed by atoms with Gasteiger partial charge in [0.25, 0.3) is 0 Å². The van der Waals surface area contributed by atoms with Crippen molar-refractivity contribution in [1.82, 2.24) is 4.90 Å². The zero-order valence-electron chi connectivity index (χ0n) is 14.3. The predicted molar refractivity (Wildman–Crippen MR) is 95.1 cm³/mol. The summed E-state index contributed by atoms with van der Waals surface area (Å²) in [5, 5.41) is 0. The largest absolute Gasteiger partial charge is 0.309 e. The van der Waals surface area contributed by atoms with Gasteiger partial charge >= 0.3 is 0 Å². The summed E-state index contributed by atoms with van der Waals surface area (Å²) in [4.78, 5) is 15.0. The maximum Gasteiger partial charge on any atom is 0.164 e. The summed E-state index contributed by atoms with van der Waals surface area (Å²) in [5.41, 5.74) is 4.66. The maximum atomic E-state index is 12.8. The second-order valence-electron chi connectivity index (χ2n) is 7.08. The van der Waals surface area contributed by atoms with Gasteiger partial charge in [-0.1, -0.05) is 48.5 Å². The van der Waals surface area contributed by atoms with E-state index in [-0.39, 0.29) is 11.2 Å². The van der Waals surface area contributed by atoms with Crippen LogP contribution in [0.1, 0.15) is 39.9 Å². The van der Waals surface area contributed by atoms with E-state index < -0.39 is 0 Å². The average Bonchev–Trinajstić information content (AvgIpc) is 2.53. The number of nitrogens with zero attached hydrogens (tertiary/aromatic N) is 1. The van der Waals surface area contributed by atoms with Crippen molar-refractivity contribution in [2.75, 3.05) is 20.6 Å². The van der Waals surface area contributed by atoms with Crippen LogP contribution in [-0.4, -0.2) is 31.3 Å². The molecule has 0 fully saturated rings. The van der Waals surface area contributed by atoms with Crippen LogP contribution in [0.15, 0.2) is 48.5 Å². The Hall–Kier alpha value is -1.93. The molecule has 0 saturated heterocycles. The van der Waals surface area contributed by atoms with Crippen molar-refractivity contribution in [1.29, 1.82) is 0 Å². The Morgan fingerprint density at radius 1 is 1.00 bits per heavy atom. The second kappa shape index (κ2) is 6.29. The monoisotopic (exact) mass is 307 g/mol. The van der Waals surface area contributed by atoms with Crippen molar-refractivity contribution in [3.63, 3.8) is 0 Å². The second-order valence-corrected chi connectivity index (χ2v) is 7.08. The molecule has 23 heavy (non-hydrogen) atoms.